The maximum atomic E-state index is 12.2. The van der Waals surface area contributed by atoms with E-state index in [0.717, 1.165) is 0 Å². The minimum absolute atomic E-state index is 0.135. The van der Waals surface area contributed by atoms with Gasteiger partial charge in [0.15, 0.2) is 0 Å². The van der Waals surface area contributed by atoms with E-state index in [9.17, 15) is 24.5 Å². The molecule has 0 aromatic heterocycles. The second-order valence-electron chi connectivity index (χ2n) is 6.72. The Kier molecular flexibility index (Phi) is 8.19. The number of benzene rings is 3. The van der Waals surface area contributed by atoms with Crippen LogP contribution in [0, 0.1) is 10.1 Å². The number of rotatable bonds is 8. The quantitative estimate of drug-likeness (QED) is 0.152. The maximum Gasteiger partial charge on any atom is 0.343 e. The summed E-state index contributed by atoms with van der Waals surface area (Å²) in [4.78, 5) is 46.4. The average Bonchev–Trinajstić information content (AvgIpc) is 2.83. The third-order valence-corrected chi connectivity index (χ3v) is 5.00. The normalized spacial score (nSPS) is 10.5. The second kappa shape index (κ2) is 11.5. The highest BCUT2D eigenvalue weighted by Crippen LogP contribution is 2.17. The monoisotopic (exact) mass is 524 g/mol. The zero-order chi connectivity index (χ0) is 24.5. The zero-order valence-corrected chi connectivity index (χ0v) is 19.0. The van der Waals surface area contributed by atoms with Crippen LogP contribution in [0.15, 0.2) is 82.4 Å². The van der Waals surface area contributed by atoms with E-state index in [2.05, 4.69) is 31.8 Å². The number of halogens is 1. The summed E-state index contributed by atoms with van der Waals surface area (Å²) in [7, 11) is 0. The number of esters is 1. The third-order valence-electron chi connectivity index (χ3n) is 4.31. The predicted molar refractivity (Wildman–Crippen MR) is 127 cm³/mol. The average molecular weight is 525 g/mol. The lowest BCUT2D eigenvalue weighted by Crippen LogP contribution is -2.35. The van der Waals surface area contributed by atoms with Crippen molar-refractivity contribution in [2.75, 3.05) is 6.54 Å². The van der Waals surface area contributed by atoms with Gasteiger partial charge in [-0.2, -0.15) is 5.10 Å². The first-order chi connectivity index (χ1) is 16.3. The number of nitrogens with zero attached hydrogens (tertiary/aromatic N) is 2. The smallest absolute Gasteiger partial charge is 0.343 e. The molecule has 0 aliphatic heterocycles. The van der Waals surface area contributed by atoms with Crippen molar-refractivity contribution in [1.29, 1.82) is 0 Å². The van der Waals surface area contributed by atoms with Crippen molar-refractivity contribution in [3.63, 3.8) is 0 Å². The highest BCUT2D eigenvalue weighted by molar-refractivity contribution is 9.10. The molecule has 2 amide bonds. The van der Waals surface area contributed by atoms with Gasteiger partial charge in [0.25, 0.3) is 17.5 Å². The molecule has 2 N–H and O–H groups in total. The number of carbonyl (C=O) groups is 3. The van der Waals surface area contributed by atoms with Gasteiger partial charge in [-0.25, -0.2) is 10.2 Å². The van der Waals surface area contributed by atoms with E-state index >= 15 is 0 Å². The first-order valence-electron chi connectivity index (χ1n) is 9.75. The van der Waals surface area contributed by atoms with Crippen LogP contribution in [0.3, 0.4) is 0 Å². The van der Waals surface area contributed by atoms with E-state index in [1.807, 2.05) is 0 Å². The summed E-state index contributed by atoms with van der Waals surface area (Å²) in [5, 5.41) is 17.0. The van der Waals surface area contributed by atoms with Gasteiger partial charge < -0.3 is 10.1 Å². The van der Waals surface area contributed by atoms with Crippen LogP contribution in [0.25, 0.3) is 0 Å². The number of amides is 2. The summed E-state index contributed by atoms with van der Waals surface area (Å²) in [6, 6.07) is 18.2. The van der Waals surface area contributed by atoms with Crippen molar-refractivity contribution in [3.8, 4) is 5.75 Å². The molecule has 34 heavy (non-hydrogen) atoms. The fourth-order valence-electron chi connectivity index (χ4n) is 2.66. The number of hydrogen-bond donors (Lipinski definition) is 2. The lowest BCUT2D eigenvalue weighted by molar-refractivity contribution is -0.384. The topological polar surface area (TPSA) is 140 Å². The van der Waals surface area contributed by atoms with Crippen LogP contribution >= 0.6 is 15.9 Å². The molecule has 0 aliphatic rings. The molecule has 11 heteroatoms. The lowest BCUT2D eigenvalue weighted by Gasteiger charge is -2.06. The molecular formula is C23H17BrN4O6. The molecule has 0 heterocycles. The van der Waals surface area contributed by atoms with Crippen molar-refractivity contribution in [2.24, 2.45) is 5.10 Å². The largest absolute Gasteiger partial charge is 0.423 e. The van der Waals surface area contributed by atoms with Gasteiger partial charge in [0, 0.05) is 16.6 Å². The molecule has 0 saturated carbocycles. The summed E-state index contributed by atoms with van der Waals surface area (Å²) in [6.45, 7) is -0.273. The number of nitro benzene ring substituents is 1. The Morgan fingerprint density at radius 3 is 2.47 bits per heavy atom. The van der Waals surface area contributed by atoms with Crippen LogP contribution in [-0.4, -0.2) is 35.5 Å². The molecule has 0 aliphatic carbocycles. The summed E-state index contributed by atoms with van der Waals surface area (Å²) >= 11 is 3.27. The predicted octanol–water partition coefficient (Wildman–Crippen LogP) is 3.46. The van der Waals surface area contributed by atoms with Crippen molar-refractivity contribution in [2.45, 2.75) is 0 Å². The van der Waals surface area contributed by atoms with Crippen LogP contribution in [0.1, 0.15) is 26.3 Å². The van der Waals surface area contributed by atoms with Crippen LogP contribution in [-0.2, 0) is 4.79 Å². The Labute approximate surface area is 201 Å². The van der Waals surface area contributed by atoms with E-state index in [4.69, 9.17) is 4.74 Å². The van der Waals surface area contributed by atoms with Crippen LogP contribution in [0.5, 0.6) is 5.75 Å². The molecule has 0 unspecified atom stereocenters. The number of hydrazone groups is 1. The van der Waals surface area contributed by atoms with E-state index in [-0.39, 0.29) is 23.5 Å². The fraction of sp³-hybridized carbons (Fsp3) is 0.0435. The van der Waals surface area contributed by atoms with Crippen molar-refractivity contribution in [3.05, 3.63) is 104 Å². The molecule has 3 rings (SSSR count). The highest BCUT2D eigenvalue weighted by atomic mass is 79.9. The molecule has 0 saturated heterocycles. The number of ether oxygens (including phenoxy) is 1. The molecular weight excluding hydrogens is 508 g/mol. The highest BCUT2D eigenvalue weighted by Gasteiger charge is 2.12. The van der Waals surface area contributed by atoms with Gasteiger partial charge in [-0.05, 0) is 57.9 Å². The SMILES string of the molecule is O=C(CNC(=O)c1ccccc1Br)N/N=C/c1cccc(OC(=O)c2ccc([N+](=O)[O-])cc2)c1. The number of hydrogen-bond acceptors (Lipinski definition) is 7. The Hall–Kier alpha value is -4.38. The van der Waals surface area contributed by atoms with Crippen molar-refractivity contribution in [1.82, 2.24) is 10.7 Å². The maximum absolute atomic E-state index is 12.2. The molecule has 0 spiro atoms. The Balaban J connectivity index is 1.51. The zero-order valence-electron chi connectivity index (χ0n) is 17.4. The molecule has 0 bridgehead atoms. The summed E-state index contributed by atoms with van der Waals surface area (Å²) in [6.07, 6.45) is 1.34. The number of carbonyl (C=O) groups excluding carboxylic acids is 3. The molecule has 172 valence electrons. The lowest BCUT2D eigenvalue weighted by atomic mass is 10.2. The van der Waals surface area contributed by atoms with Crippen LogP contribution in [0.2, 0.25) is 0 Å². The van der Waals surface area contributed by atoms with Gasteiger partial charge in [-0.1, -0.05) is 24.3 Å². The Morgan fingerprint density at radius 2 is 1.76 bits per heavy atom. The second-order valence-corrected chi connectivity index (χ2v) is 7.58. The van der Waals surface area contributed by atoms with E-state index in [0.29, 0.717) is 15.6 Å². The van der Waals surface area contributed by atoms with Crippen molar-refractivity contribution < 1.29 is 24.0 Å². The number of nitro groups is 1. The minimum atomic E-state index is -0.682. The third kappa shape index (κ3) is 6.81. The van der Waals surface area contributed by atoms with Gasteiger partial charge >= 0.3 is 5.97 Å². The summed E-state index contributed by atoms with van der Waals surface area (Å²) < 4.78 is 5.89. The van der Waals surface area contributed by atoms with Gasteiger partial charge in [0.05, 0.1) is 28.8 Å². The number of non-ortho nitro benzene ring substituents is 1. The first-order valence-corrected chi connectivity index (χ1v) is 10.5. The molecule has 0 radical (unpaired) electrons. The van der Waals surface area contributed by atoms with E-state index in [1.54, 1.807) is 42.5 Å². The van der Waals surface area contributed by atoms with E-state index < -0.39 is 22.7 Å². The Morgan fingerprint density at radius 1 is 1.03 bits per heavy atom. The van der Waals surface area contributed by atoms with E-state index in [1.165, 1.54) is 36.5 Å². The van der Waals surface area contributed by atoms with Crippen LogP contribution in [0.4, 0.5) is 5.69 Å². The molecule has 0 atom stereocenters. The van der Waals surface area contributed by atoms with Crippen molar-refractivity contribution >= 4 is 45.6 Å². The minimum Gasteiger partial charge on any atom is -0.423 e. The van der Waals surface area contributed by atoms with Crippen LogP contribution < -0.4 is 15.5 Å². The Bertz CT molecular complexity index is 1260. The van der Waals surface area contributed by atoms with Gasteiger partial charge in [0.1, 0.15) is 5.75 Å². The molecule has 3 aromatic rings. The molecule has 10 nitrogen and oxygen atoms in total. The molecule has 0 fully saturated rings. The van der Waals surface area contributed by atoms with Gasteiger partial charge in [-0.3, -0.25) is 19.7 Å². The first kappa shape index (κ1) is 24.3. The fourth-order valence-corrected chi connectivity index (χ4v) is 3.13. The summed E-state index contributed by atoms with van der Waals surface area (Å²) in [5.74, 6) is -1.40. The molecule has 3 aromatic carbocycles. The van der Waals surface area contributed by atoms with Gasteiger partial charge in [0.2, 0.25) is 0 Å². The standard InChI is InChI=1S/C23H17BrN4O6/c24-20-7-2-1-6-19(20)22(30)25-14-21(29)27-26-13-15-4-3-5-18(12-15)34-23(31)16-8-10-17(11-9-16)28(32)33/h1-13H,14H2,(H,25,30)(H,27,29)/b26-13+. The van der Waals surface area contributed by atoms with Gasteiger partial charge in [-0.15, -0.1) is 0 Å². The summed E-state index contributed by atoms with van der Waals surface area (Å²) in [5.41, 5.74) is 3.25. The number of nitrogens with one attached hydrogen (secondary N) is 2.